The largest absolute Gasteiger partial charge is 0.302 e. The molecule has 1 saturated heterocycles. The van der Waals surface area contributed by atoms with Crippen LogP contribution in [-0.4, -0.2) is 47.4 Å². The SMILES string of the molecule is CCN(C)[C@@H]1C[C@H](C)N(C(C)S)C1. The predicted molar refractivity (Wildman–Crippen MR) is 61.3 cm³/mol. The lowest BCUT2D eigenvalue weighted by molar-refractivity contribution is 0.228. The number of hydrogen-bond acceptors (Lipinski definition) is 3. The van der Waals surface area contributed by atoms with Crippen LogP contribution in [0.3, 0.4) is 0 Å². The summed E-state index contributed by atoms with van der Waals surface area (Å²) >= 11 is 4.50. The lowest BCUT2D eigenvalue weighted by Crippen LogP contribution is -2.36. The van der Waals surface area contributed by atoms with Crippen LogP contribution in [0.2, 0.25) is 0 Å². The highest BCUT2D eigenvalue weighted by Crippen LogP contribution is 2.24. The van der Waals surface area contributed by atoms with E-state index in [1.807, 2.05) is 0 Å². The molecule has 1 aliphatic rings. The summed E-state index contributed by atoms with van der Waals surface area (Å²) < 4.78 is 0. The van der Waals surface area contributed by atoms with Crippen LogP contribution < -0.4 is 0 Å². The molecule has 0 aromatic rings. The van der Waals surface area contributed by atoms with Gasteiger partial charge in [-0.3, -0.25) is 4.90 Å². The van der Waals surface area contributed by atoms with Gasteiger partial charge in [0.05, 0.1) is 5.37 Å². The zero-order valence-corrected chi connectivity index (χ0v) is 10.1. The Morgan fingerprint density at radius 2 is 2.23 bits per heavy atom. The molecule has 0 aromatic carbocycles. The molecule has 0 bridgehead atoms. The third kappa shape index (κ3) is 2.61. The Balaban J connectivity index is 2.49. The van der Waals surface area contributed by atoms with Gasteiger partial charge in [0.15, 0.2) is 0 Å². The smallest absolute Gasteiger partial charge is 0.0502 e. The molecule has 3 heteroatoms. The van der Waals surface area contributed by atoms with Gasteiger partial charge in [-0.05, 0) is 33.9 Å². The molecule has 0 spiro atoms. The van der Waals surface area contributed by atoms with Gasteiger partial charge < -0.3 is 4.90 Å². The maximum Gasteiger partial charge on any atom is 0.0502 e. The van der Waals surface area contributed by atoms with Crippen LogP contribution in [0.15, 0.2) is 0 Å². The number of rotatable bonds is 3. The minimum absolute atomic E-state index is 0.394. The predicted octanol–water partition coefficient (Wildman–Crippen LogP) is 1.68. The van der Waals surface area contributed by atoms with Gasteiger partial charge >= 0.3 is 0 Å². The minimum Gasteiger partial charge on any atom is -0.302 e. The van der Waals surface area contributed by atoms with Crippen molar-refractivity contribution in [2.45, 2.75) is 44.6 Å². The van der Waals surface area contributed by atoms with Crippen molar-refractivity contribution in [1.29, 1.82) is 0 Å². The number of likely N-dealkylation sites (tertiary alicyclic amines) is 1. The van der Waals surface area contributed by atoms with Crippen molar-refractivity contribution in [2.24, 2.45) is 0 Å². The van der Waals surface area contributed by atoms with Crippen LogP contribution in [0, 0.1) is 0 Å². The molecule has 0 aromatic heterocycles. The van der Waals surface area contributed by atoms with Crippen LogP contribution >= 0.6 is 12.6 Å². The average molecular weight is 202 g/mol. The fraction of sp³-hybridized carbons (Fsp3) is 1.00. The summed E-state index contributed by atoms with van der Waals surface area (Å²) in [5.74, 6) is 0. The average Bonchev–Trinajstić information content (AvgIpc) is 2.46. The molecule has 1 unspecified atom stereocenters. The highest BCUT2D eigenvalue weighted by molar-refractivity contribution is 7.80. The quantitative estimate of drug-likeness (QED) is 0.696. The highest BCUT2D eigenvalue weighted by atomic mass is 32.1. The van der Waals surface area contributed by atoms with E-state index in [2.05, 4.69) is 50.2 Å². The zero-order chi connectivity index (χ0) is 10.0. The molecular weight excluding hydrogens is 180 g/mol. The third-order valence-electron chi connectivity index (χ3n) is 3.20. The van der Waals surface area contributed by atoms with E-state index in [0.29, 0.717) is 11.4 Å². The summed E-state index contributed by atoms with van der Waals surface area (Å²) in [6.07, 6.45) is 1.29. The maximum atomic E-state index is 4.50. The molecule has 1 heterocycles. The molecule has 1 aliphatic heterocycles. The number of thiol groups is 1. The Bertz CT molecular complexity index is 161. The normalized spacial score (nSPS) is 32.8. The minimum atomic E-state index is 0.394. The van der Waals surface area contributed by atoms with Gasteiger partial charge in [-0.25, -0.2) is 0 Å². The topological polar surface area (TPSA) is 6.48 Å². The lowest BCUT2D eigenvalue weighted by atomic mass is 10.2. The van der Waals surface area contributed by atoms with Crippen molar-refractivity contribution in [3.63, 3.8) is 0 Å². The lowest BCUT2D eigenvalue weighted by Gasteiger charge is -2.25. The molecule has 0 radical (unpaired) electrons. The van der Waals surface area contributed by atoms with E-state index >= 15 is 0 Å². The first-order valence-electron chi connectivity index (χ1n) is 5.20. The molecule has 0 amide bonds. The summed E-state index contributed by atoms with van der Waals surface area (Å²) in [5, 5.41) is 0.394. The zero-order valence-electron chi connectivity index (χ0n) is 9.20. The van der Waals surface area contributed by atoms with Gasteiger partial charge in [-0.1, -0.05) is 6.92 Å². The second-order valence-electron chi connectivity index (χ2n) is 4.14. The van der Waals surface area contributed by atoms with Crippen LogP contribution in [0.25, 0.3) is 0 Å². The Hall–Kier alpha value is 0.270. The molecule has 0 aliphatic carbocycles. The highest BCUT2D eigenvalue weighted by Gasteiger charge is 2.32. The van der Waals surface area contributed by atoms with Crippen molar-refractivity contribution in [1.82, 2.24) is 9.80 Å². The monoisotopic (exact) mass is 202 g/mol. The van der Waals surface area contributed by atoms with Crippen molar-refractivity contribution >= 4 is 12.6 Å². The van der Waals surface area contributed by atoms with Crippen molar-refractivity contribution in [2.75, 3.05) is 20.1 Å². The van der Waals surface area contributed by atoms with Gasteiger partial charge in [0, 0.05) is 18.6 Å². The van der Waals surface area contributed by atoms with E-state index in [4.69, 9.17) is 0 Å². The second kappa shape index (κ2) is 4.67. The molecule has 0 saturated carbocycles. The van der Waals surface area contributed by atoms with Crippen LogP contribution in [0.4, 0.5) is 0 Å². The summed E-state index contributed by atoms with van der Waals surface area (Å²) in [5.41, 5.74) is 0. The van der Waals surface area contributed by atoms with E-state index in [1.165, 1.54) is 13.0 Å². The number of hydrogen-bond donors (Lipinski definition) is 1. The van der Waals surface area contributed by atoms with Crippen LogP contribution in [-0.2, 0) is 0 Å². The van der Waals surface area contributed by atoms with E-state index in [-0.39, 0.29) is 0 Å². The number of likely N-dealkylation sites (N-methyl/N-ethyl adjacent to an activating group) is 1. The Kier molecular flexibility index (Phi) is 4.07. The summed E-state index contributed by atoms with van der Waals surface area (Å²) in [4.78, 5) is 4.91. The van der Waals surface area contributed by atoms with Crippen LogP contribution in [0.1, 0.15) is 27.2 Å². The van der Waals surface area contributed by atoms with E-state index < -0.39 is 0 Å². The van der Waals surface area contributed by atoms with Gasteiger partial charge in [0.2, 0.25) is 0 Å². The van der Waals surface area contributed by atoms with E-state index in [9.17, 15) is 0 Å². The summed E-state index contributed by atoms with van der Waals surface area (Å²) in [7, 11) is 2.21. The third-order valence-corrected chi connectivity index (χ3v) is 3.50. The van der Waals surface area contributed by atoms with Gasteiger partial charge in [-0.2, -0.15) is 12.6 Å². The maximum absolute atomic E-state index is 4.50. The van der Waals surface area contributed by atoms with Gasteiger partial charge in [-0.15, -0.1) is 0 Å². The molecule has 2 nitrogen and oxygen atoms in total. The van der Waals surface area contributed by atoms with Crippen molar-refractivity contribution in [3.05, 3.63) is 0 Å². The molecule has 0 N–H and O–H groups in total. The summed E-state index contributed by atoms with van der Waals surface area (Å²) in [6.45, 7) is 9.00. The first-order valence-corrected chi connectivity index (χ1v) is 5.72. The van der Waals surface area contributed by atoms with E-state index in [0.717, 1.165) is 12.6 Å². The first kappa shape index (κ1) is 11.3. The van der Waals surface area contributed by atoms with Crippen molar-refractivity contribution < 1.29 is 0 Å². The molecule has 13 heavy (non-hydrogen) atoms. The molecule has 78 valence electrons. The Morgan fingerprint density at radius 3 is 2.62 bits per heavy atom. The molecule has 1 fully saturated rings. The van der Waals surface area contributed by atoms with Crippen LogP contribution in [0.5, 0.6) is 0 Å². The molecule has 1 rings (SSSR count). The van der Waals surface area contributed by atoms with Crippen molar-refractivity contribution in [3.8, 4) is 0 Å². The van der Waals surface area contributed by atoms with E-state index in [1.54, 1.807) is 0 Å². The first-order chi connectivity index (χ1) is 6.06. The summed E-state index contributed by atoms with van der Waals surface area (Å²) in [6, 6.07) is 1.42. The molecule has 3 atom stereocenters. The molecular formula is C10H22N2S. The van der Waals surface area contributed by atoms with Gasteiger partial charge in [0.1, 0.15) is 0 Å². The second-order valence-corrected chi connectivity index (χ2v) is 4.89. The van der Waals surface area contributed by atoms with Gasteiger partial charge in [0.25, 0.3) is 0 Å². The Labute approximate surface area is 87.7 Å². The fourth-order valence-corrected chi connectivity index (χ4v) is 2.45. The number of nitrogens with zero attached hydrogens (tertiary/aromatic N) is 2. The standard InChI is InChI=1S/C10H22N2S/c1-5-11(4)10-6-8(2)12(7-10)9(3)13/h8-10,13H,5-7H2,1-4H3/t8-,9?,10+/m0/s1. The Morgan fingerprint density at radius 1 is 1.62 bits per heavy atom. The fourth-order valence-electron chi connectivity index (χ4n) is 2.13.